The molecule has 0 N–H and O–H groups in total. The third kappa shape index (κ3) is 1.90. The summed E-state index contributed by atoms with van der Waals surface area (Å²) < 4.78 is 12.5. The highest BCUT2D eigenvalue weighted by Crippen LogP contribution is 2.10. The molecule has 0 radical (unpaired) electrons. The summed E-state index contributed by atoms with van der Waals surface area (Å²) in [7, 11) is 1.91. The number of rotatable bonds is 2. The van der Waals surface area contributed by atoms with Gasteiger partial charge in [0.15, 0.2) is 0 Å². The van der Waals surface area contributed by atoms with Crippen molar-refractivity contribution in [1.82, 2.24) is 4.98 Å². The molecule has 1 aromatic rings. The highest BCUT2D eigenvalue weighted by molar-refractivity contribution is 5.43. The van der Waals surface area contributed by atoms with Gasteiger partial charge in [-0.15, -0.1) is 0 Å². The fraction of sp³-hybridized carbons (Fsp3) is 0.375. The number of halogens is 1. The maximum atomic E-state index is 12.5. The van der Waals surface area contributed by atoms with E-state index in [0.717, 1.165) is 12.2 Å². The Kier molecular flexibility index (Phi) is 2.41. The van der Waals surface area contributed by atoms with E-state index >= 15 is 0 Å². The average molecular weight is 154 g/mol. The average Bonchev–Trinajstić information content (AvgIpc) is 2.03. The van der Waals surface area contributed by atoms with Crippen LogP contribution in [-0.2, 0) is 0 Å². The summed E-state index contributed by atoms with van der Waals surface area (Å²) in [6, 6.07) is 3.20. The highest BCUT2D eigenvalue weighted by Gasteiger charge is 1.98. The van der Waals surface area contributed by atoms with Gasteiger partial charge in [-0.25, -0.2) is 4.98 Å². The Balaban J connectivity index is 2.86. The second-order valence-electron chi connectivity index (χ2n) is 2.35. The van der Waals surface area contributed by atoms with Crippen molar-refractivity contribution in [3.05, 3.63) is 24.3 Å². The highest BCUT2D eigenvalue weighted by atomic mass is 19.1. The Morgan fingerprint density at radius 3 is 2.91 bits per heavy atom. The van der Waals surface area contributed by atoms with Gasteiger partial charge in [-0.3, -0.25) is 0 Å². The zero-order valence-corrected chi connectivity index (χ0v) is 6.71. The van der Waals surface area contributed by atoms with Crippen LogP contribution in [0.3, 0.4) is 0 Å². The van der Waals surface area contributed by atoms with Crippen molar-refractivity contribution in [2.75, 3.05) is 18.5 Å². The number of hydrogen-bond acceptors (Lipinski definition) is 2. The summed E-state index contributed by atoms with van der Waals surface area (Å²) in [4.78, 5) is 5.41. The Morgan fingerprint density at radius 2 is 2.36 bits per heavy atom. The van der Waals surface area contributed by atoms with Gasteiger partial charge in [0.1, 0.15) is 0 Å². The largest absolute Gasteiger partial charge is 0.375 e. The zero-order valence-electron chi connectivity index (χ0n) is 6.71. The van der Waals surface area contributed by atoms with Crippen LogP contribution >= 0.6 is 0 Å². The van der Waals surface area contributed by atoms with Crippen LogP contribution in [0.4, 0.5) is 10.1 Å². The van der Waals surface area contributed by atoms with Crippen LogP contribution in [-0.4, -0.2) is 18.6 Å². The topological polar surface area (TPSA) is 16.1 Å². The standard InChI is InChI=1S/C8H11FN2/c1-3-11(2)7-4-5-10-8(9)6-7/h4-6H,3H2,1-2H3. The van der Waals surface area contributed by atoms with Gasteiger partial charge in [-0.2, -0.15) is 4.39 Å². The smallest absolute Gasteiger partial charge is 0.214 e. The third-order valence-corrected chi connectivity index (χ3v) is 1.63. The summed E-state index contributed by atoms with van der Waals surface area (Å²) in [6.45, 7) is 2.88. The number of anilines is 1. The van der Waals surface area contributed by atoms with Crippen LogP contribution in [0.1, 0.15) is 6.92 Å². The molecule has 1 heterocycles. The van der Waals surface area contributed by atoms with E-state index < -0.39 is 5.95 Å². The summed E-state index contributed by atoms with van der Waals surface area (Å²) in [6.07, 6.45) is 1.47. The van der Waals surface area contributed by atoms with E-state index in [1.807, 2.05) is 18.9 Å². The molecule has 1 aromatic heterocycles. The van der Waals surface area contributed by atoms with Crippen LogP contribution in [0.25, 0.3) is 0 Å². The molecule has 0 fully saturated rings. The van der Waals surface area contributed by atoms with Gasteiger partial charge in [-0.05, 0) is 13.0 Å². The Hall–Kier alpha value is -1.12. The number of aromatic nitrogens is 1. The molecule has 0 spiro atoms. The molecule has 0 saturated heterocycles. The third-order valence-electron chi connectivity index (χ3n) is 1.63. The Morgan fingerprint density at radius 1 is 1.64 bits per heavy atom. The fourth-order valence-corrected chi connectivity index (χ4v) is 0.812. The summed E-state index contributed by atoms with van der Waals surface area (Å²) >= 11 is 0. The maximum Gasteiger partial charge on any atom is 0.214 e. The predicted octanol–water partition coefficient (Wildman–Crippen LogP) is 1.68. The molecule has 3 heteroatoms. The normalized spacial score (nSPS) is 9.73. The molecule has 2 nitrogen and oxygen atoms in total. The first-order valence-electron chi connectivity index (χ1n) is 3.56. The van der Waals surface area contributed by atoms with Crippen molar-refractivity contribution in [3.8, 4) is 0 Å². The first-order valence-corrected chi connectivity index (χ1v) is 3.56. The molecule has 0 aromatic carbocycles. The van der Waals surface area contributed by atoms with Crippen molar-refractivity contribution in [2.45, 2.75) is 6.92 Å². The first kappa shape index (κ1) is 7.98. The number of nitrogens with zero attached hydrogens (tertiary/aromatic N) is 2. The zero-order chi connectivity index (χ0) is 8.27. The van der Waals surface area contributed by atoms with Crippen LogP contribution in [0.5, 0.6) is 0 Å². The molecular weight excluding hydrogens is 143 g/mol. The van der Waals surface area contributed by atoms with Gasteiger partial charge in [0, 0.05) is 31.5 Å². The molecule has 11 heavy (non-hydrogen) atoms. The lowest BCUT2D eigenvalue weighted by Gasteiger charge is -2.15. The molecule has 0 unspecified atom stereocenters. The van der Waals surface area contributed by atoms with Crippen molar-refractivity contribution in [1.29, 1.82) is 0 Å². The van der Waals surface area contributed by atoms with E-state index in [-0.39, 0.29) is 0 Å². The van der Waals surface area contributed by atoms with E-state index in [0.29, 0.717) is 0 Å². The minimum absolute atomic E-state index is 0.428. The second kappa shape index (κ2) is 3.32. The van der Waals surface area contributed by atoms with Gasteiger partial charge >= 0.3 is 0 Å². The molecule has 0 bridgehead atoms. The molecule has 0 atom stereocenters. The fourth-order valence-electron chi connectivity index (χ4n) is 0.812. The van der Waals surface area contributed by atoms with Crippen molar-refractivity contribution < 1.29 is 4.39 Å². The number of pyridine rings is 1. The second-order valence-corrected chi connectivity index (χ2v) is 2.35. The van der Waals surface area contributed by atoms with Gasteiger partial charge < -0.3 is 4.90 Å². The van der Waals surface area contributed by atoms with Crippen molar-refractivity contribution in [2.24, 2.45) is 0 Å². The van der Waals surface area contributed by atoms with Gasteiger partial charge in [0.2, 0.25) is 5.95 Å². The molecule has 0 aliphatic carbocycles. The Bertz CT molecular complexity index is 237. The van der Waals surface area contributed by atoms with Crippen molar-refractivity contribution >= 4 is 5.69 Å². The molecule has 0 amide bonds. The van der Waals surface area contributed by atoms with Crippen molar-refractivity contribution in [3.63, 3.8) is 0 Å². The molecule has 0 aliphatic rings. The summed E-state index contributed by atoms with van der Waals surface area (Å²) in [5, 5.41) is 0. The molecule has 0 saturated carbocycles. The molecule has 0 aliphatic heterocycles. The van der Waals surface area contributed by atoms with Crippen LogP contribution in [0.15, 0.2) is 18.3 Å². The predicted molar refractivity (Wildman–Crippen MR) is 43.1 cm³/mol. The lowest BCUT2D eigenvalue weighted by molar-refractivity contribution is 0.583. The minimum Gasteiger partial charge on any atom is -0.375 e. The van der Waals surface area contributed by atoms with E-state index in [1.54, 1.807) is 6.07 Å². The Labute approximate surface area is 65.7 Å². The van der Waals surface area contributed by atoms with Gasteiger partial charge in [0.05, 0.1) is 0 Å². The lowest BCUT2D eigenvalue weighted by atomic mass is 10.4. The van der Waals surface area contributed by atoms with Crippen LogP contribution in [0, 0.1) is 5.95 Å². The minimum atomic E-state index is -0.428. The molecule has 60 valence electrons. The van der Waals surface area contributed by atoms with Crippen LogP contribution < -0.4 is 4.90 Å². The van der Waals surface area contributed by atoms with Gasteiger partial charge in [0.25, 0.3) is 0 Å². The SMILES string of the molecule is CCN(C)c1ccnc(F)c1. The van der Waals surface area contributed by atoms with E-state index in [2.05, 4.69) is 4.98 Å². The first-order chi connectivity index (χ1) is 5.24. The van der Waals surface area contributed by atoms with E-state index in [1.165, 1.54) is 12.3 Å². The number of hydrogen-bond donors (Lipinski definition) is 0. The molecular formula is C8H11FN2. The quantitative estimate of drug-likeness (QED) is 0.602. The summed E-state index contributed by atoms with van der Waals surface area (Å²) in [5.41, 5.74) is 0.861. The van der Waals surface area contributed by atoms with E-state index in [4.69, 9.17) is 0 Å². The molecule has 1 rings (SSSR count). The monoisotopic (exact) mass is 154 g/mol. The summed E-state index contributed by atoms with van der Waals surface area (Å²) in [5.74, 6) is -0.428. The van der Waals surface area contributed by atoms with Crippen LogP contribution in [0.2, 0.25) is 0 Å². The lowest BCUT2D eigenvalue weighted by Crippen LogP contribution is -2.15. The van der Waals surface area contributed by atoms with E-state index in [9.17, 15) is 4.39 Å². The van der Waals surface area contributed by atoms with Gasteiger partial charge in [-0.1, -0.05) is 0 Å². The maximum absolute atomic E-state index is 12.5.